The lowest BCUT2D eigenvalue weighted by Gasteiger charge is -2.24. The van der Waals surface area contributed by atoms with Crippen molar-refractivity contribution in [2.45, 2.75) is 78.4 Å². The Hall–Kier alpha value is -2.24. The molecule has 2 unspecified atom stereocenters. The Labute approximate surface area is 180 Å². The fourth-order valence-electron chi connectivity index (χ4n) is 4.13. The Balaban J connectivity index is 0.00000155. The number of aryl methyl sites for hydroxylation is 1. The highest BCUT2D eigenvalue weighted by molar-refractivity contribution is 5.69. The number of fused-ring (bicyclic) bond motifs is 2. The topological polar surface area (TPSA) is 79.7 Å². The second-order valence-electron chi connectivity index (χ2n) is 7.71. The molecule has 164 valence electrons. The van der Waals surface area contributed by atoms with Crippen LogP contribution in [0.5, 0.6) is 0 Å². The van der Waals surface area contributed by atoms with E-state index in [4.69, 9.17) is 4.98 Å². The maximum absolute atomic E-state index is 11.2. The molecule has 1 heterocycles. The van der Waals surface area contributed by atoms with Gasteiger partial charge in [0.25, 0.3) is 0 Å². The molecule has 1 aliphatic rings. The SMILES string of the molecule is CC.COC(=O)CC(O)CC(O)CCc1c(C)nc2c(c1C)Cc1ccccc1C2. The zero-order chi connectivity index (χ0) is 22.3. The van der Waals surface area contributed by atoms with E-state index in [2.05, 4.69) is 35.9 Å². The fourth-order valence-corrected chi connectivity index (χ4v) is 4.13. The normalized spacial score (nSPS) is 14.0. The van der Waals surface area contributed by atoms with Gasteiger partial charge in [-0.3, -0.25) is 9.78 Å². The van der Waals surface area contributed by atoms with Gasteiger partial charge in [0.05, 0.1) is 25.7 Å². The molecule has 5 heteroatoms. The van der Waals surface area contributed by atoms with Crippen molar-refractivity contribution < 1.29 is 19.7 Å². The first-order valence-electron chi connectivity index (χ1n) is 10.9. The number of aliphatic hydroxyl groups excluding tert-OH is 2. The van der Waals surface area contributed by atoms with Gasteiger partial charge in [-0.25, -0.2) is 0 Å². The second kappa shape index (κ2) is 11.2. The third-order valence-electron chi connectivity index (χ3n) is 5.74. The van der Waals surface area contributed by atoms with Crippen LogP contribution in [-0.2, 0) is 28.8 Å². The number of nitrogens with zero attached hydrogens (tertiary/aromatic N) is 1. The molecule has 0 bridgehead atoms. The largest absolute Gasteiger partial charge is 0.469 e. The molecule has 30 heavy (non-hydrogen) atoms. The van der Waals surface area contributed by atoms with Crippen molar-refractivity contribution in [3.05, 3.63) is 63.5 Å². The van der Waals surface area contributed by atoms with Crippen molar-refractivity contribution in [2.75, 3.05) is 7.11 Å². The van der Waals surface area contributed by atoms with Gasteiger partial charge in [0.15, 0.2) is 0 Å². The number of benzene rings is 1. The van der Waals surface area contributed by atoms with Crippen LogP contribution in [0.15, 0.2) is 24.3 Å². The summed E-state index contributed by atoms with van der Waals surface area (Å²) in [5.74, 6) is -0.467. The smallest absolute Gasteiger partial charge is 0.308 e. The molecule has 0 saturated carbocycles. The summed E-state index contributed by atoms with van der Waals surface area (Å²) in [7, 11) is 1.29. The van der Waals surface area contributed by atoms with Gasteiger partial charge in [0, 0.05) is 17.8 Å². The van der Waals surface area contributed by atoms with Crippen molar-refractivity contribution in [1.82, 2.24) is 4.98 Å². The standard InChI is InChI=1S/C23H29NO4.C2H6/c1-14-20(9-8-18(25)12-19(26)13-23(27)28-3)15(2)24-22-11-17-7-5-4-6-16(17)10-21(14)22;1-2/h4-7,18-19,25-26H,8-13H2,1-3H3;1-2H3. The summed E-state index contributed by atoms with van der Waals surface area (Å²) in [6.07, 6.45) is 1.51. The van der Waals surface area contributed by atoms with E-state index in [1.54, 1.807) is 0 Å². The zero-order valence-corrected chi connectivity index (χ0v) is 18.9. The van der Waals surface area contributed by atoms with Crippen LogP contribution in [0.1, 0.15) is 72.3 Å². The van der Waals surface area contributed by atoms with Gasteiger partial charge >= 0.3 is 5.97 Å². The Kier molecular flexibility index (Phi) is 9.00. The van der Waals surface area contributed by atoms with E-state index < -0.39 is 18.2 Å². The number of methoxy groups -OCH3 is 1. The van der Waals surface area contributed by atoms with Crippen LogP contribution in [0, 0.1) is 13.8 Å². The van der Waals surface area contributed by atoms with Crippen molar-refractivity contribution in [3.63, 3.8) is 0 Å². The van der Waals surface area contributed by atoms with Crippen LogP contribution < -0.4 is 0 Å². The van der Waals surface area contributed by atoms with E-state index >= 15 is 0 Å². The second-order valence-corrected chi connectivity index (χ2v) is 7.71. The molecule has 0 amide bonds. The Bertz CT molecular complexity index is 862. The third kappa shape index (κ3) is 5.89. The van der Waals surface area contributed by atoms with Gasteiger partial charge in [0.1, 0.15) is 0 Å². The highest BCUT2D eigenvalue weighted by Crippen LogP contribution is 2.31. The maximum atomic E-state index is 11.2. The minimum Gasteiger partial charge on any atom is -0.469 e. The van der Waals surface area contributed by atoms with Gasteiger partial charge in [-0.05, 0) is 67.3 Å². The molecule has 2 aromatic rings. The fraction of sp³-hybridized carbons (Fsp3) is 0.520. The summed E-state index contributed by atoms with van der Waals surface area (Å²) >= 11 is 0. The number of pyridine rings is 1. The lowest BCUT2D eigenvalue weighted by molar-refractivity contribution is -0.143. The summed E-state index contributed by atoms with van der Waals surface area (Å²) in [4.78, 5) is 16.1. The third-order valence-corrected chi connectivity index (χ3v) is 5.74. The molecule has 3 rings (SSSR count). The molecule has 5 nitrogen and oxygen atoms in total. The van der Waals surface area contributed by atoms with Crippen LogP contribution in [0.2, 0.25) is 0 Å². The number of hydrogen-bond acceptors (Lipinski definition) is 5. The van der Waals surface area contributed by atoms with Gasteiger partial charge in [-0.1, -0.05) is 38.1 Å². The van der Waals surface area contributed by atoms with Gasteiger partial charge in [-0.15, -0.1) is 0 Å². The minimum atomic E-state index is -0.886. The van der Waals surface area contributed by atoms with Crippen molar-refractivity contribution in [2.24, 2.45) is 0 Å². The number of aliphatic hydroxyl groups is 2. The van der Waals surface area contributed by atoms with Crippen molar-refractivity contribution >= 4 is 5.97 Å². The van der Waals surface area contributed by atoms with Crippen molar-refractivity contribution in [1.29, 1.82) is 0 Å². The Morgan fingerprint density at radius 2 is 1.73 bits per heavy atom. The number of carbonyl (C=O) groups excluding carboxylic acids is 1. The van der Waals surface area contributed by atoms with E-state index in [1.165, 1.54) is 34.9 Å². The summed E-state index contributed by atoms with van der Waals surface area (Å²) in [6.45, 7) is 8.18. The van der Waals surface area contributed by atoms with Crippen LogP contribution in [0.4, 0.5) is 0 Å². The van der Waals surface area contributed by atoms with Crippen LogP contribution in [-0.4, -0.2) is 40.5 Å². The molecular weight excluding hydrogens is 378 g/mol. The minimum absolute atomic E-state index is 0.0918. The number of aromatic nitrogens is 1. The summed E-state index contributed by atoms with van der Waals surface area (Å²) < 4.78 is 4.55. The molecular formula is C25H35NO4. The number of esters is 1. The van der Waals surface area contributed by atoms with Crippen LogP contribution >= 0.6 is 0 Å². The van der Waals surface area contributed by atoms with E-state index in [-0.39, 0.29) is 12.8 Å². The first kappa shape index (κ1) is 24.0. The first-order chi connectivity index (χ1) is 14.4. The highest BCUT2D eigenvalue weighted by Gasteiger charge is 2.22. The van der Waals surface area contributed by atoms with Gasteiger partial charge < -0.3 is 14.9 Å². The molecule has 0 spiro atoms. The van der Waals surface area contributed by atoms with Crippen LogP contribution in [0.25, 0.3) is 0 Å². The average molecular weight is 414 g/mol. The predicted molar refractivity (Wildman–Crippen MR) is 119 cm³/mol. The molecule has 0 fully saturated rings. The molecule has 1 aromatic heterocycles. The van der Waals surface area contributed by atoms with Crippen LogP contribution in [0.3, 0.4) is 0 Å². The lowest BCUT2D eigenvalue weighted by atomic mass is 9.84. The number of carbonyl (C=O) groups is 1. The maximum Gasteiger partial charge on any atom is 0.308 e. The Morgan fingerprint density at radius 3 is 2.37 bits per heavy atom. The molecule has 2 atom stereocenters. The first-order valence-corrected chi connectivity index (χ1v) is 10.9. The highest BCUT2D eigenvalue weighted by atomic mass is 16.5. The summed E-state index contributed by atoms with van der Waals surface area (Å²) in [5.41, 5.74) is 8.63. The van der Waals surface area contributed by atoms with E-state index in [9.17, 15) is 15.0 Å². The number of ether oxygens (including phenoxy) is 1. The predicted octanol–water partition coefficient (Wildman–Crippen LogP) is 3.83. The monoisotopic (exact) mass is 413 g/mol. The van der Waals surface area contributed by atoms with Crippen molar-refractivity contribution in [3.8, 4) is 0 Å². The molecule has 0 saturated heterocycles. The van der Waals surface area contributed by atoms with Gasteiger partial charge in [0.2, 0.25) is 0 Å². The zero-order valence-electron chi connectivity index (χ0n) is 18.9. The quantitative estimate of drug-likeness (QED) is 0.576. The number of hydrogen-bond donors (Lipinski definition) is 2. The van der Waals surface area contributed by atoms with E-state index in [1.807, 2.05) is 20.8 Å². The lowest BCUT2D eigenvalue weighted by Crippen LogP contribution is -2.22. The molecule has 1 aromatic carbocycles. The summed E-state index contributed by atoms with van der Waals surface area (Å²) in [5, 5.41) is 20.2. The Morgan fingerprint density at radius 1 is 1.10 bits per heavy atom. The van der Waals surface area contributed by atoms with Gasteiger partial charge in [-0.2, -0.15) is 0 Å². The molecule has 0 aliphatic heterocycles. The van der Waals surface area contributed by atoms with E-state index in [0.29, 0.717) is 12.8 Å². The number of rotatable bonds is 7. The average Bonchev–Trinajstić information content (AvgIpc) is 2.73. The molecule has 0 radical (unpaired) electrons. The molecule has 2 N–H and O–H groups in total. The van der Waals surface area contributed by atoms with E-state index in [0.717, 1.165) is 24.2 Å². The molecule has 1 aliphatic carbocycles. The summed E-state index contributed by atoms with van der Waals surface area (Å²) in [6, 6.07) is 8.52.